The fourth-order valence-electron chi connectivity index (χ4n) is 2.65. The van der Waals surface area contributed by atoms with Gasteiger partial charge in [-0.1, -0.05) is 12.8 Å². The van der Waals surface area contributed by atoms with Crippen LogP contribution in [0.2, 0.25) is 0 Å². The van der Waals surface area contributed by atoms with Crippen molar-refractivity contribution in [3.63, 3.8) is 0 Å². The second kappa shape index (κ2) is 5.79. The highest BCUT2D eigenvalue weighted by atomic mass is 19.1. The van der Waals surface area contributed by atoms with Crippen LogP contribution in [0.1, 0.15) is 36.0 Å². The standard InChI is InChI=1S/C15H21FN2O2/c1-18(2)11-5-6-12(13(16)9-11)14(20)17-15(10-19)7-3-4-8-15/h5-6,9,19H,3-4,7-8,10H2,1-2H3,(H,17,20). The molecule has 0 spiro atoms. The Morgan fingerprint density at radius 2 is 2.05 bits per heavy atom. The highest BCUT2D eigenvalue weighted by Crippen LogP contribution is 2.29. The highest BCUT2D eigenvalue weighted by molar-refractivity contribution is 5.95. The zero-order valence-electron chi connectivity index (χ0n) is 11.9. The highest BCUT2D eigenvalue weighted by Gasteiger charge is 2.35. The fraction of sp³-hybridized carbons (Fsp3) is 0.533. The van der Waals surface area contributed by atoms with E-state index in [1.54, 1.807) is 11.0 Å². The van der Waals surface area contributed by atoms with Crippen LogP contribution in [0.3, 0.4) is 0 Å². The van der Waals surface area contributed by atoms with Crippen molar-refractivity contribution in [2.75, 3.05) is 25.6 Å². The first-order valence-corrected chi connectivity index (χ1v) is 6.88. The largest absolute Gasteiger partial charge is 0.394 e. The molecule has 20 heavy (non-hydrogen) atoms. The molecule has 2 rings (SSSR count). The number of aliphatic hydroxyl groups excluding tert-OH is 1. The minimum Gasteiger partial charge on any atom is -0.394 e. The molecule has 2 N–H and O–H groups in total. The van der Waals surface area contributed by atoms with Gasteiger partial charge in [0.05, 0.1) is 17.7 Å². The van der Waals surface area contributed by atoms with Crippen molar-refractivity contribution >= 4 is 11.6 Å². The van der Waals surface area contributed by atoms with Crippen molar-refractivity contribution in [2.24, 2.45) is 0 Å². The smallest absolute Gasteiger partial charge is 0.254 e. The van der Waals surface area contributed by atoms with Crippen LogP contribution in [0.15, 0.2) is 18.2 Å². The second-order valence-corrected chi connectivity index (χ2v) is 5.66. The van der Waals surface area contributed by atoms with Crippen molar-refractivity contribution < 1.29 is 14.3 Å². The van der Waals surface area contributed by atoms with E-state index in [0.717, 1.165) is 25.7 Å². The molecule has 1 aromatic rings. The lowest BCUT2D eigenvalue weighted by Crippen LogP contribution is -2.49. The van der Waals surface area contributed by atoms with Gasteiger partial charge < -0.3 is 15.3 Å². The summed E-state index contributed by atoms with van der Waals surface area (Å²) in [5, 5.41) is 12.3. The summed E-state index contributed by atoms with van der Waals surface area (Å²) in [6.07, 6.45) is 3.44. The first-order valence-electron chi connectivity index (χ1n) is 6.88. The molecule has 0 aromatic heterocycles. The molecule has 0 unspecified atom stereocenters. The van der Waals surface area contributed by atoms with Crippen molar-refractivity contribution in [1.29, 1.82) is 0 Å². The van der Waals surface area contributed by atoms with Gasteiger partial charge in [-0.15, -0.1) is 0 Å². The van der Waals surface area contributed by atoms with E-state index in [1.165, 1.54) is 12.1 Å². The molecule has 0 atom stereocenters. The molecule has 1 aliphatic rings. The molecular formula is C15H21FN2O2. The van der Waals surface area contributed by atoms with Crippen molar-refractivity contribution in [2.45, 2.75) is 31.2 Å². The third-order valence-electron chi connectivity index (χ3n) is 3.96. The normalized spacial score (nSPS) is 17.0. The predicted molar refractivity (Wildman–Crippen MR) is 76.5 cm³/mol. The summed E-state index contributed by atoms with van der Waals surface area (Å²) in [5.74, 6) is -0.997. The van der Waals surface area contributed by atoms with Gasteiger partial charge in [0, 0.05) is 19.8 Å². The molecule has 1 fully saturated rings. The van der Waals surface area contributed by atoms with Gasteiger partial charge in [-0.2, -0.15) is 0 Å². The number of hydrogen-bond acceptors (Lipinski definition) is 3. The fourth-order valence-corrected chi connectivity index (χ4v) is 2.65. The van der Waals surface area contributed by atoms with Crippen LogP contribution in [0.25, 0.3) is 0 Å². The summed E-state index contributed by atoms with van der Waals surface area (Å²) in [4.78, 5) is 14.0. The molecule has 1 aliphatic carbocycles. The number of anilines is 1. The van der Waals surface area contributed by atoms with Crippen molar-refractivity contribution in [3.05, 3.63) is 29.6 Å². The van der Waals surface area contributed by atoms with Crippen LogP contribution in [0.5, 0.6) is 0 Å². The van der Waals surface area contributed by atoms with Gasteiger partial charge in [0.25, 0.3) is 5.91 Å². The maximum atomic E-state index is 14.0. The Hall–Kier alpha value is -1.62. The van der Waals surface area contributed by atoms with Crippen LogP contribution in [-0.2, 0) is 0 Å². The minimum absolute atomic E-state index is 0.0234. The third-order valence-corrected chi connectivity index (χ3v) is 3.96. The van der Waals surface area contributed by atoms with Gasteiger partial charge >= 0.3 is 0 Å². The zero-order chi connectivity index (χ0) is 14.8. The predicted octanol–water partition coefficient (Wildman–Crippen LogP) is 1.93. The molecule has 110 valence electrons. The number of carbonyl (C=O) groups is 1. The zero-order valence-corrected chi connectivity index (χ0v) is 11.9. The van der Waals surface area contributed by atoms with E-state index in [1.807, 2.05) is 14.1 Å². The number of carbonyl (C=O) groups excluding carboxylic acids is 1. The average molecular weight is 280 g/mol. The van der Waals surface area contributed by atoms with Crippen molar-refractivity contribution in [3.8, 4) is 0 Å². The van der Waals surface area contributed by atoms with E-state index < -0.39 is 17.3 Å². The van der Waals surface area contributed by atoms with E-state index in [9.17, 15) is 14.3 Å². The Bertz CT molecular complexity index is 497. The number of nitrogens with one attached hydrogen (secondary N) is 1. The van der Waals surface area contributed by atoms with Gasteiger partial charge in [-0.05, 0) is 31.0 Å². The Morgan fingerprint density at radius 1 is 1.40 bits per heavy atom. The molecule has 0 radical (unpaired) electrons. The van der Waals surface area contributed by atoms with Crippen LogP contribution in [-0.4, -0.2) is 37.3 Å². The van der Waals surface area contributed by atoms with E-state index in [-0.39, 0.29) is 12.2 Å². The lowest BCUT2D eigenvalue weighted by Gasteiger charge is -2.28. The van der Waals surface area contributed by atoms with Crippen LogP contribution in [0.4, 0.5) is 10.1 Å². The van der Waals surface area contributed by atoms with E-state index in [2.05, 4.69) is 5.32 Å². The van der Waals surface area contributed by atoms with Crippen molar-refractivity contribution in [1.82, 2.24) is 5.32 Å². The molecule has 4 nitrogen and oxygen atoms in total. The summed E-state index contributed by atoms with van der Waals surface area (Å²) in [7, 11) is 3.63. The Balaban J connectivity index is 2.17. The van der Waals surface area contributed by atoms with Gasteiger partial charge in [-0.25, -0.2) is 4.39 Å². The molecule has 5 heteroatoms. The molecule has 0 heterocycles. The number of nitrogens with zero attached hydrogens (tertiary/aromatic N) is 1. The monoisotopic (exact) mass is 280 g/mol. The summed E-state index contributed by atoms with van der Waals surface area (Å²) in [5.41, 5.74) is 0.149. The van der Waals surface area contributed by atoms with Crippen LogP contribution in [0, 0.1) is 5.82 Å². The SMILES string of the molecule is CN(C)c1ccc(C(=O)NC2(CO)CCCC2)c(F)c1. The molecule has 0 aliphatic heterocycles. The number of aliphatic hydroxyl groups is 1. The molecular weight excluding hydrogens is 259 g/mol. The second-order valence-electron chi connectivity index (χ2n) is 5.66. The summed E-state index contributed by atoms with van der Waals surface area (Å²) >= 11 is 0. The van der Waals surface area contributed by atoms with Crippen LogP contribution < -0.4 is 10.2 Å². The lowest BCUT2D eigenvalue weighted by atomic mass is 9.98. The Labute approximate surface area is 118 Å². The van der Waals surface area contributed by atoms with E-state index >= 15 is 0 Å². The molecule has 1 saturated carbocycles. The lowest BCUT2D eigenvalue weighted by molar-refractivity contribution is 0.0834. The molecule has 1 aromatic carbocycles. The van der Waals surface area contributed by atoms with E-state index in [0.29, 0.717) is 5.69 Å². The maximum absolute atomic E-state index is 14.0. The Morgan fingerprint density at radius 3 is 2.55 bits per heavy atom. The number of amides is 1. The first-order chi connectivity index (χ1) is 9.47. The van der Waals surface area contributed by atoms with E-state index in [4.69, 9.17) is 0 Å². The van der Waals surface area contributed by atoms with Crippen LogP contribution >= 0.6 is 0 Å². The van der Waals surface area contributed by atoms with Gasteiger partial charge in [0.2, 0.25) is 0 Å². The molecule has 1 amide bonds. The average Bonchev–Trinajstić information content (AvgIpc) is 2.87. The maximum Gasteiger partial charge on any atom is 0.254 e. The minimum atomic E-state index is -0.580. The topological polar surface area (TPSA) is 52.6 Å². The molecule has 0 saturated heterocycles. The number of halogens is 1. The number of rotatable bonds is 4. The van der Waals surface area contributed by atoms with Gasteiger partial charge in [-0.3, -0.25) is 4.79 Å². The first kappa shape index (κ1) is 14.8. The summed E-state index contributed by atoms with van der Waals surface area (Å²) in [6.45, 7) is -0.101. The van der Waals surface area contributed by atoms with Gasteiger partial charge in [0.1, 0.15) is 5.82 Å². The quantitative estimate of drug-likeness (QED) is 0.886. The Kier molecular flexibility index (Phi) is 4.28. The van der Waals surface area contributed by atoms with Gasteiger partial charge in [0.15, 0.2) is 0 Å². The summed E-state index contributed by atoms with van der Waals surface area (Å²) < 4.78 is 14.0. The number of benzene rings is 1. The third kappa shape index (κ3) is 2.93. The summed E-state index contributed by atoms with van der Waals surface area (Å²) in [6, 6.07) is 4.54. The molecule has 0 bridgehead atoms. The number of hydrogen-bond donors (Lipinski definition) is 2.